The summed E-state index contributed by atoms with van der Waals surface area (Å²) in [5, 5.41) is 14.5. The lowest BCUT2D eigenvalue weighted by atomic mass is 9.88. The molecule has 0 aromatic carbocycles. The molecular formula is C22H33N5OSi. The summed E-state index contributed by atoms with van der Waals surface area (Å²) in [4.78, 5) is 7.06. The van der Waals surface area contributed by atoms with Crippen LogP contribution in [0.15, 0.2) is 18.5 Å². The Balaban J connectivity index is 1.56. The second kappa shape index (κ2) is 8.09. The molecule has 156 valence electrons. The molecule has 2 aromatic rings. The van der Waals surface area contributed by atoms with Gasteiger partial charge < -0.3 is 19.5 Å². The lowest BCUT2D eigenvalue weighted by Crippen LogP contribution is -2.50. The number of nitrogens with zero attached hydrogens (tertiary/aromatic N) is 4. The van der Waals surface area contributed by atoms with Crippen LogP contribution in [0.25, 0.3) is 11.0 Å². The van der Waals surface area contributed by atoms with Gasteiger partial charge in [-0.05, 0) is 37.9 Å². The van der Waals surface area contributed by atoms with Crippen LogP contribution < -0.4 is 10.2 Å². The smallest absolute Gasteiger partial charge is 0.145 e. The number of rotatable bonds is 6. The minimum absolute atomic E-state index is 0.239. The van der Waals surface area contributed by atoms with Crippen LogP contribution >= 0.6 is 0 Å². The van der Waals surface area contributed by atoms with E-state index in [1.54, 1.807) is 0 Å². The first kappa shape index (κ1) is 20.4. The average molecular weight is 412 g/mol. The van der Waals surface area contributed by atoms with Gasteiger partial charge in [0.05, 0.1) is 16.6 Å². The summed E-state index contributed by atoms with van der Waals surface area (Å²) in [6, 6.07) is 5.60. The van der Waals surface area contributed by atoms with Crippen molar-refractivity contribution in [2.45, 2.75) is 63.6 Å². The lowest BCUT2D eigenvalue weighted by molar-refractivity contribution is 0.0898. The zero-order valence-corrected chi connectivity index (χ0v) is 19.0. The van der Waals surface area contributed by atoms with Gasteiger partial charge in [0.15, 0.2) is 0 Å². The molecule has 1 N–H and O–H groups in total. The highest BCUT2D eigenvalue weighted by Gasteiger charge is 2.39. The zero-order valence-electron chi connectivity index (χ0n) is 18.0. The van der Waals surface area contributed by atoms with Crippen LogP contribution in [0.5, 0.6) is 0 Å². The Morgan fingerprint density at radius 1 is 1.31 bits per heavy atom. The van der Waals surface area contributed by atoms with Gasteiger partial charge in [0, 0.05) is 45.7 Å². The van der Waals surface area contributed by atoms with E-state index in [4.69, 9.17) is 4.74 Å². The Bertz CT molecular complexity index is 904. The predicted molar refractivity (Wildman–Crippen MR) is 120 cm³/mol. The highest BCUT2D eigenvalue weighted by molar-refractivity contribution is 6.76. The minimum Gasteiger partial charge on any atom is -0.369 e. The van der Waals surface area contributed by atoms with Gasteiger partial charge >= 0.3 is 0 Å². The molecule has 4 heterocycles. The second-order valence-electron chi connectivity index (χ2n) is 9.84. The van der Waals surface area contributed by atoms with Crippen molar-refractivity contribution in [2.75, 3.05) is 31.1 Å². The quantitative estimate of drug-likeness (QED) is 0.576. The topological polar surface area (TPSA) is 66.1 Å². The Kier molecular flexibility index (Phi) is 5.69. The minimum atomic E-state index is -1.11. The maximum Gasteiger partial charge on any atom is 0.145 e. The molecule has 1 atom stereocenters. The van der Waals surface area contributed by atoms with E-state index in [2.05, 4.69) is 47.0 Å². The summed E-state index contributed by atoms with van der Waals surface area (Å²) in [5.74, 6) is 0. The molecule has 4 rings (SSSR count). The van der Waals surface area contributed by atoms with Crippen LogP contribution in [0, 0.1) is 11.3 Å². The van der Waals surface area contributed by atoms with Gasteiger partial charge in [-0.2, -0.15) is 5.26 Å². The first-order valence-corrected chi connectivity index (χ1v) is 14.6. The third-order valence-electron chi connectivity index (χ3n) is 6.36. The Hall–Kier alpha value is -1.88. The van der Waals surface area contributed by atoms with Crippen LogP contribution in [-0.4, -0.2) is 49.4 Å². The maximum absolute atomic E-state index is 9.78. The van der Waals surface area contributed by atoms with Crippen molar-refractivity contribution in [3.05, 3.63) is 24.0 Å². The van der Waals surface area contributed by atoms with E-state index in [9.17, 15) is 5.26 Å². The number of aromatic nitrogens is 2. The molecule has 0 aliphatic carbocycles. The number of anilines is 1. The molecule has 2 aliphatic rings. The summed E-state index contributed by atoms with van der Waals surface area (Å²) in [7, 11) is -1.11. The Labute approximate surface area is 174 Å². The standard InChI is InChI=1S/C22H33N5OSi/c1-29(2,3)13-12-28-17-27-15-18(14-23)20-19(6-10-24-21(20)27)26-11-8-22(16-26)7-4-5-9-25-22/h6,10,15,25H,4-5,7-9,11-13,16-17H2,1-3H3. The monoisotopic (exact) mass is 411 g/mol. The Morgan fingerprint density at radius 2 is 2.17 bits per heavy atom. The molecular weight excluding hydrogens is 378 g/mol. The van der Waals surface area contributed by atoms with Gasteiger partial charge in [-0.15, -0.1) is 0 Å². The molecule has 6 nitrogen and oxygen atoms in total. The molecule has 2 saturated heterocycles. The fourth-order valence-corrected chi connectivity index (χ4v) is 5.40. The van der Waals surface area contributed by atoms with Gasteiger partial charge in [0.2, 0.25) is 0 Å². The third kappa shape index (κ3) is 4.35. The summed E-state index contributed by atoms with van der Waals surface area (Å²) in [5.41, 5.74) is 2.92. The molecule has 0 amide bonds. The van der Waals surface area contributed by atoms with Crippen molar-refractivity contribution in [2.24, 2.45) is 0 Å². The van der Waals surface area contributed by atoms with Gasteiger partial charge in [0.1, 0.15) is 18.4 Å². The summed E-state index contributed by atoms with van der Waals surface area (Å²) >= 11 is 0. The molecule has 0 radical (unpaired) electrons. The molecule has 7 heteroatoms. The van der Waals surface area contributed by atoms with E-state index in [-0.39, 0.29) is 5.54 Å². The SMILES string of the molecule is C[Si](C)(C)CCOCn1cc(C#N)c2c(N3CCC4(CCCCN4)C3)ccnc21. The number of hydrogen-bond donors (Lipinski definition) is 1. The number of nitrogens with one attached hydrogen (secondary N) is 1. The van der Waals surface area contributed by atoms with E-state index in [1.807, 2.05) is 17.0 Å². The van der Waals surface area contributed by atoms with Crippen LogP contribution in [0.1, 0.15) is 31.2 Å². The molecule has 1 unspecified atom stereocenters. The normalized spacial score (nSPS) is 22.5. The van der Waals surface area contributed by atoms with E-state index in [0.717, 1.165) is 49.0 Å². The van der Waals surface area contributed by atoms with Crippen molar-refractivity contribution in [3.63, 3.8) is 0 Å². The van der Waals surface area contributed by atoms with E-state index in [0.29, 0.717) is 12.3 Å². The number of fused-ring (bicyclic) bond motifs is 1. The fourth-order valence-electron chi connectivity index (χ4n) is 4.64. The summed E-state index contributed by atoms with van der Waals surface area (Å²) in [6.07, 6.45) is 8.77. The maximum atomic E-state index is 9.78. The third-order valence-corrected chi connectivity index (χ3v) is 8.06. The number of piperidine rings is 1. The van der Waals surface area contributed by atoms with Crippen molar-refractivity contribution < 1.29 is 4.74 Å². The lowest BCUT2D eigenvalue weighted by Gasteiger charge is -2.35. The van der Waals surface area contributed by atoms with Gasteiger partial charge in [0.25, 0.3) is 0 Å². The Morgan fingerprint density at radius 3 is 2.90 bits per heavy atom. The number of nitriles is 1. The average Bonchev–Trinajstić information content (AvgIpc) is 3.27. The van der Waals surface area contributed by atoms with E-state index >= 15 is 0 Å². The van der Waals surface area contributed by atoms with Gasteiger partial charge in [-0.1, -0.05) is 26.1 Å². The van der Waals surface area contributed by atoms with Crippen molar-refractivity contribution in [1.29, 1.82) is 5.26 Å². The molecule has 2 aromatic heterocycles. The summed E-state index contributed by atoms with van der Waals surface area (Å²) in [6.45, 7) is 11.4. The first-order chi connectivity index (χ1) is 13.9. The van der Waals surface area contributed by atoms with Gasteiger partial charge in [-0.3, -0.25) is 0 Å². The highest BCUT2D eigenvalue weighted by Crippen LogP contribution is 2.37. The molecule has 1 spiro atoms. The summed E-state index contributed by atoms with van der Waals surface area (Å²) < 4.78 is 7.93. The predicted octanol–water partition coefficient (Wildman–Crippen LogP) is 3.94. The zero-order chi connectivity index (χ0) is 20.5. The fraction of sp³-hybridized carbons (Fsp3) is 0.636. The van der Waals surface area contributed by atoms with E-state index < -0.39 is 8.07 Å². The van der Waals surface area contributed by atoms with Crippen LogP contribution in [0.2, 0.25) is 25.7 Å². The van der Waals surface area contributed by atoms with Crippen LogP contribution in [-0.2, 0) is 11.5 Å². The molecule has 2 fully saturated rings. The number of hydrogen-bond acceptors (Lipinski definition) is 5. The number of ether oxygens (including phenoxy) is 1. The van der Waals surface area contributed by atoms with Crippen molar-refractivity contribution in [1.82, 2.24) is 14.9 Å². The van der Waals surface area contributed by atoms with Crippen molar-refractivity contribution >= 4 is 24.8 Å². The van der Waals surface area contributed by atoms with E-state index in [1.165, 1.54) is 25.7 Å². The largest absolute Gasteiger partial charge is 0.369 e. The van der Waals surface area contributed by atoms with Crippen LogP contribution in [0.4, 0.5) is 5.69 Å². The van der Waals surface area contributed by atoms with Crippen molar-refractivity contribution in [3.8, 4) is 6.07 Å². The molecule has 0 bridgehead atoms. The van der Waals surface area contributed by atoms with Gasteiger partial charge in [-0.25, -0.2) is 4.98 Å². The number of pyridine rings is 1. The molecule has 0 saturated carbocycles. The molecule has 29 heavy (non-hydrogen) atoms. The molecule has 2 aliphatic heterocycles. The highest BCUT2D eigenvalue weighted by atomic mass is 28.3. The first-order valence-electron chi connectivity index (χ1n) is 10.9. The second-order valence-corrected chi connectivity index (χ2v) is 15.5. The van der Waals surface area contributed by atoms with Crippen LogP contribution in [0.3, 0.4) is 0 Å².